The molecule has 0 spiro atoms. The molecule has 0 saturated carbocycles. The third kappa shape index (κ3) is 4.42. The molecule has 2 aliphatic heterocycles. The van der Waals surface area contributed by atoms with E-state index in [1.807, 2.05) is 36.4 Å². The third-order valence-electron chi connectivity index (χ3n) is 4.75. The molecule has 1 fully saturated rings. The van der Waals surface area contributed by atoms with Crippen LogP contribution in [0.15, 0.2) is 42.6 Å². The summed E-state index contributed by atoms with van der Waals surface area (Å²) in [7, 11) is 0. The van der Waals surface area contributed by atoms with Gasteiger partial charge in [0, 0.05) is 25.8 Å². The van der Waals surface area contributed by atoms with E-state index in [1.54, 1.807) is 6.20 Å². The number of carbonyl (C=O) groups is 1. The number of fused-ring (bicyclic) bond motifs is 1. The standard InChI is InChI=1S/C20H24N4O3/c25-20(23-13-16-14-26-17-5-1-2-6-18(17)27-16)22-12-15-7-8-21-19(11-15)24-9-3-4-10-24/h1-2,5-8,11,16H,3-4,9-10,12-14H2,(H2,22,23,25)/t16-/m1/s1. The van der Waals surface area contributed by atoms with Crippen LogP contribution in [0.3, 0.4) is 0 Å². The van der Waals surface area contributed by atoms with Crippen molar-refractivity contribution in [1.29, 1.82) is 0 Å². The van der Waals surface area contributed by atoms with Gasteiger partial charge < -0.3 is 25.0 Å². The highest BCUT2D eigenvalue weighted by molar-refractivity contribution is 5.73. The van der Waals surface area contributed by atoms with Gasteiger partial charge in [0.25, 0.3) is 0 Å². The van der Waals surface area contributed by atoms with Crippen LogP contribution in [-0.2, 0) is 6.54 Å². The number of para-hydroxylation sites is 2. The van der Waals surface area contributed by atoms with E-state index in [0.717, 1.165) is 30.2 Å². The van der Waals surface area contributed by atoms with Crippen LogP contribution in [0.1, 0.15) is 18.4 Å². The van der Waals surface area contributed by atoms with Crippen LogP contribution < -0.4 is 25.0 Å². The van der Waals surface area contributed by atoms with E-state index >= 15 is 0 Å². The number of rotatable bonds is 5. The van der Waals surface area contributed by atoms with Gasteiger partial charge in [-0.2, -0.15) is 0 Å². The third-order valence-corrected chi connectivity index (χ3v) is 4.75. The molecule has 2 N–H and O–H groups in total. The number of carbonyl (C=O) groups excluding carboxylic acids is 1. The van der Waals surface area contributed by atoms with Gasteiger partial charge in [0.2, 0.25) is 0 Å². The molecule has 0 bridgehead atoms. The number of hydrogen-bond donors (Lipinski definition) is 2. The minimum Gasteiger partial charge on any atom is -0.486 e. The lowest BCUT2D eigenvalue weighted by Gasteiger charge is -2.26. The zero-order valence-electron chi connectivity index (χ0n) is 15.2. The van der Waals surface area contributed by atoms with Crippen LogP contribution in [0.5, 0.6) is 11.5 Å². The molecule has 4 rings (SSSR count). The van der Waals surface area contributed by atoms with Gasteiger partial charge >= 0.3 is 6.03 Å². The first-order chi connectivity index (χ1) is 13.3. The molecule has 142 valence electrons. The SMILES string of the molecule is O=C(NCc1ccnc(N2CCCC2)c1)NC[C@@H]1COc2ccccc2O1. The molecule has 3 heterocycles. The van der Waals surface area contributed by atoms with E-state index in [4.69, 9.17) is 9.47 Å². The summed E-state index contributed by atoms with van der Waals surface area (Å²) >= 11 is 0. The zero-order chi connectivity index (χ0) is 18.5. The van der Waals surface area contributed by atoms with Crippen LogP contribution in [0.2, 0.25) is 0 Å². The summed E-state index contributed by atoms with van der Waals surface area (Å²) in [6, 6.07) is 11.3. The number of nitrogens with zero attached hydrogens (tertiary/aromatic N) is 2. The molecule has 1 saturated heterocycles. The van der Waals surface area contributed by atoms with Crippen molar-refractivity contribution in [1.82, 2.24) is 15.6 Å². The maximum absolute atomic E-state index is 12.1. The van der Waals surface area contributed by atoms with Crippen molar-refractivity contribution in [3.63, 3.8) is 0 Å². The summed E-state index contributed by atoms with van der Waals surface area (Å²) in [5, 5.41) is 5.72. The fraction of sp³-hybridized carbons (Fsp3) is 0.400. The quantitative estimate of drug-likeness (QED) is 0.847. The Bertz CT molecular complexity index is 792. The first-order valence-electron chi connectivity index (χ1n) is 9.38. The van der Waals surface area contributed by atoms with E-state index in [-0.39, 0.29) is 12.1 Å². The summed E-state index contributed by atoms with van der Waals surface area (Å²) in [6.07, 6.45) is 4.02. The van der Waals surface area contributed by atoms with Gasteiger partial charge in [-0.25, -0.2) is 9.78 Å². The number of ether oxygens (including phenoxy) is 2. The lowest BCUT2D eigenvalue weighted by atomic mass is 10.2. The lowest BCUT2D eigenvalue weighted by molar-refractivity contribution is 0.0918. The Morgan fingerprint density at radius 2 is 1.96 bits per heavy atom. The van der Waals surface area contributed by atoms with Crippen LogP contribution >= 0.6 is 0 Å². The Hall–Kier alpha value is -2.96. The van der Waals surface area contributed by atoms with E-state index in [9.17, 15) is 4.79 Å². The van der Waals surface area contributed by atoms with Crippen molar-refractivity contribution in [2.45, 2.75) is 25.5 Å². The molecule has 1 aromatic heterocycles. The fourth-order valence-electron chi connectivity index (χ4n) is 3.30. The first-order valence-corrected chi connectivity index (χ1v) is 9.38. The van der Waals surface area contributed by atoms with E-state index in [0.29, 0.717) is 25.4 Å². The van der Waals surface area contributed by atoms with Crippen LogP contribution in [0.25, 0.3) is 0 Å². The number of benzene rings is 1. The molecule has 2 amide bonds. The van der Waals surface area contributed by atoms with Crippen molar-refractivity contribution in [3.8, 4) is 11.5 Å². The monoisotopic (exact) mass is 368 g/mol. The normalized spacial score (nSPS) is 18.2. The first kappa shape index (κ1) is 17.5. The summed E-state index contributed by atoms with van der Waals surface area (Å²) in [5.74, 6) is 2.44. The lowest BCUT2D eigenvalue weighted by Crippen LogP contribution is -2.44. The summed E-state index contributed by atoms with van der Waals surface area (Å²) in [4.78, 5) is 18.8. The second-order valence-corrected chi connectivity index (χ2v) is 6.78. The Morgan fingerprint density at radius 3 is 2.81 bits per heavy atom. The average Bonchev–Trinajstić information content (AvgIpc) is 3.26. The second-order valence-electron chi connectivity index (χ2n) is 6.78. The summed E-state index contributed by atoms with van der Waals surface area (Å²) in [5.41, 5.74) is 1.04. The van der Waals surface area contributed by atoms with Crippen LogP contribution in [0.4, 0.5) is 10.6 Å². The zero-order valence-corrected chi connectivity index (χ0v) is 15.2. The molecule has 2 aliphatic rings. The Morgan fingerprint density at radius 1 is 1.15 bits per heavy atom. The van der Waals surface area contributed by atoms with Gasteiger partial charge in [0.15, 0.2) is 17.6 Å². The number of nitrogens with one attached hydrogen (secondary N) is 2. The highest BCUT2D eigenvalue weighted by Gasteiger charge is 2.21. The highest BCUT2D eigenvalue weighted by atomic mass is 16.6. The molecule has 0 unspecified atom stereocenters. The van der Waals surface area contributed by atoms with E-state index < -0.39 is 0 Å². The molecule has 7 heteroatoms. The van der Waals surface area contributed by atoms with Crippen molar-refractivity contribution >= 4 is 11.8 Å². The number of urea groups is 1. The summed E-state index contributed by atoms with van der Waals surface area (Å²) in [6.45, 7) is 3.37. The molecule has 2 aromatic rings. The van der Waals surface area contributed by atoms with Crippen LogP contribution in [-0.4, -0.2) is 43.4 Å². The number of anilines is 1. The van der Waals surface area contributed by atoms with Gasteiger partial charge in [-0.3, -0.25) is 0 Å². The highest BCUT2D eigenvalue weighted by Crippen LogP contribution is 2.30. The molecule has 0 aliphatic carbocycles. The van der Waals surface area contributed by atoms with Gasteiger partial charge in [-0.05, 0) is 42.7 Å². The van der Waals surface area contributed by atoms with Crippen molar-refractivity contribution in [2.24, 2.45) is 0 Å². The number of hydrogen-bond acceptors (Lipinski definition) is 5. The molecular weight excluding hydrogens is 344 g/mol. The van der Waals surface area contributed by atoms with Crippen LogP contribution in [0, 0.1) is 0 Å². The number of pyridine rings is 1. The minimum absolute atomic E-state index is 0.201. The smallest absolute Gasteiger partial charge is 0.315 e. The van der Waals surface area contributed by atoms with Gasteiger partial charge in [-0.1, -0.05) is 12.1 Å². The van der Waals surface area contributed by atoms with Crippen molar-refractivity contribution in [2.75, 3.05) is 31.1 Å². The van der Waals surface area contributed by atoms with E-state index in [1.165, 1.54) is 12.8 Å². The average molecular weight is 368 g/mol. The minimum atomic E-state index is -0.225. The molecular formula is C20H24N4O3. The van der Waals surface area contributed by atoms with Gasteiger partial charge in [-0.15, -0.1) is 0 Å². The maximum Gasteiger partial charge on any atom is 0.315 e. The molecule has 1 aromatic carbocycles. The second kappa shape index (κ2) is 8.16. The number of amides is 2. The molecule has 1 atom stereocenters. The Labute approximate surface area is 158 Å². The fourth-order valence-corrected chi connectivity index (χ4v) is 3.30. The van der Waals surface area contributed by atoms with Crippen molar-refractivity contribution in [3.05, 3.63) is 48.2 Å². The maximum atomic E-state index is 12.1. The number of aromatic nitrogens is 1. The van der Waals surface area contributed by atoms with Gasteiger partial charge in [0.05, 0.1) is 6.54 Å². The summed E-state index contributed by atoms with van der Waals surface area (Å²) < 4.78 is 11.5. The predicted molar refractivity (Wildman–Crippen MR) is 102 cm³/mol. The largest absolute Gasteiger partial charge is 0.486 e. The molecule has 7 nitrogen and oxygen atoms in total. The molecule has 0 radical (unpaired) electrons. The Kier molecular flexibility index (Phi) is 5.27. The predicted octanol–water partition coefficient (Wildman–Crippen LogP) is 2.32. The molecule has 27 heavy (non-hydrogen) atoms. The Balaban J connectivity index is 1.23. The van der Waals surface area contributed by atoms with Gasteiger partial charge in [0.1, 0.15) is 12.4 Å². The topological polar surface area (TPSA) is 75.7 Å². The van der Waals surface area contributed by atoms with Crippen molar-refractivity contribution < 1.29 is 14.3 Å². The van der Waals surface area contributed by atoms with E-state index in [2.05, 4.69) is 20.5 Å².